The number of rotatable bonds is 4. The molecule has 16 heavy (non-hydrogen) atoms. The lowest BCUT2D eigenvalue weighted by Crippen LogP contribution is -2.05. The SMILES string of the molecule is CC(=O)C1CC1c1cccc(OC(C)C)c1. The summed E-state index contributed by atoms with van der Waals surface area (Å²) in [5.41, 5.74) is 1.23. The van der Waals surface area contributed by atoms with Gasteiger partial charge in [0, 0.05) is 5.92 Å². The maximum atomic E-state index is 11.2. The Morgan fingerprint density at radius 3 is 2.75 bits per heavy atom. The number of ketones is 1. The first-order valence-corrected chi connectivity index (χ1v) is 5.85. The van der Waals surface area contributed by atoms with E-state index in [2.05, 4.69) is 12.1 Å². The summed E-state index contributed by atoms with van der Waals surface area (Å²) < 4.78 is 5.64. The monoisotopic (exact) mass is 218 g/mol. The molecule has 0 heterocycles. The van der Waals surface area contributed by atoms with E-state index in [1.807, 2.05) is 26.0 Å². The highest BCUT2D eigenvalue weighted by Crippen LogP contribution is 2.48. The lowest BCUT2D eigenvalue weighted by atomic mass is 10.1. The molecule has 2 unspecified atom stereocenters. The minimum absolute atomic E-state index is 0.193. The van der Waals surface area contributed by atoms with Crippen LogP contribution in [0.1, 0.15) is 38.7 Å². The van der Waals surface area contributed by atoms with Crippen molar-refractivity contribution in [2.24, 2.45) is 5.92 Å². The van der Waals surface area contributed by atoms with Gasteiger partial charge < -0.3 is 4.74 Å². The van der Waals surface area contributed by atoms with Gasteiger partial charge in [0.05, 0.1) is 6.10 Å². The minimum atomic E-state index is 0.193. The zero-order valence-electron chi connectivity index (χ0n) is 10.1. The first kappa shape index (κ1) is 11.2. The molecule has 86 valence electrons. The molecular formula is C14H18O2. The number of Topliss-reactive ketones (excluding diaryl/α,β-unsaturated/α-hetero) is 1. The van der Waals surface area contributed by atoms with Crippen LogP contribution in [0.15, 0.2) is 24.3 Å². The fourth-order valence-electron chi connectivity index (χ4n) is 2.10. The predicted octanol–water partition coefficient (Wildman–Crippen LogP) is 3.17. The van der Waals surface area contributed by atoms with Gasteiger partial charge in [-0.2, -0.15) is 0 Å². The number of hydrogen-bond acceptors (Lipinski definition) is 2. The van der Waals surface area contributed by atoms with Crippen molar-refractivity contribution in [3.8, 4) is 5.75 Å². The van der Waals surface area contributed by atoms with Crippen LogP contribution in [0, 0.1) is 5.92 Å². The molecule has 0 aromatic heterocycles. The van der Waals surface area contributed by atoms with Gasteiger partial charge in [-0.05, 0) is 50.8 Å². The third-order valence-electron chi connectivity index (χ3n) is 2.97. The lowest BCUT2D eigenvalue weighted by Gasteiger charge is -2.10. The zero-order chi connectivity index (χ0) is 11.7. The highest BCUT2D eigenvalue weighted by molar-refractivity contribution is 5.82. The predicted molar refractivity (Wildman–Crippen MR) is 63.7 cm³/mol. The summed E-state index contributed by atoms with van der Waals surface area (Å²) >= 11 is 0. The topological polar surface area (TPSA) is 26.3 Å². The Hall–Kier alpha value is -1.31. The fraction of sp³-hybridized carbons (Fsp3) is 0.500. The average molecular weight is 218 g/mol. The maximum absolute atomic E-state index is 11.2. The standard InChI is InChI=1S/C14H18O2/c1-9(2)16-12-6-4-5-11(7-12)14-8-13(14)10(3)15/h4-7,9,13-14H,8H2,1-3H3. The Labute approximate surface area is 96.6 Å². The molecule has 0 radical (unpaired) electrons. The van der Waals surface area contributed by atoms with Crippen LogP contribution in [0.25, 0.3) is 0 Å². The molecule has 2 atom stereocenters. The lowest BCUT2D eigenvalue weighted by molar-refractivity contribution is -0.118. The molecule has 1 fully saturated rings. The van der Waals surface area contributed by atoms with Crippen molar-refractivity contribution < 1.29 is 9.53 Å². The van der Waals surface area contributed by atoms with E-state index in [1.54, 1.807) is 6.92 Å². The van der Waals surface area contributed by atoms with Gasteiger partial charge in [0.1, 0.15) is 11.5 Å². The third kappa shape index (κ3) is 2.43. The van der Waals surface area contributed by atoms with Crippen molar-refractivity contribution in [3.63, 3.8) is 0 Å². The van der Waals surface area contributed by atoms with Crippen LogP contribution in [-0.2, 0) is 4.79 Å². The van der Waals surface area contributed by atoms with E-state index in [9.17, 15) is 4.79 Å². The Morgan fingerprint density at radius 1 is 1.44 bits per heavy atom. The molecule has 1 aromatic rings. The van der Waals surface area contributed by atoms with Crippen molar-refractivity contribution in [1.29, 1.82) is 0 Å². The Morgan fingerprint density at radius 2 is 2.19 bits per heavy atom. The molecule has 2 heteroatoms. The van der Waals surface area contributed by atoms with Gasteiger partial charge in [0.15, 0.2) is 0 Å². The second kappa shape index (κ2) is 4.28. The summed E-state index contributed by atoms with van der Waals surface area (Å²) in [5.74, 6) is 1.88. The first-order valence-electron chi connectivity index (χ1n) is 5.85. The summed E-state index contributed by atoms with van der Waals surface area (Å²) in [4.78, 5) is 11.2. The highest BCUT2D eigenvalue weighted by Gasteiger charge is 2.41. The Bertz CT molecular complexity index is 395. The van der Waals surface area contributed by atoms with Gasteiger partial charge in [-0.15, -0.1) is 0 Å². The molecule has 0 N–H and O–H groups in total. The molecule has 0 saturated heterocycles. The van der Waals surface area contributed by atoms with Crippen LogP contribution in [0.4, 0.5) is 0 Å². The van der Waals surface area contributed by atoms with E-state index in [0.717, 1.165) is 12.2 Å². The van der Waals surface area contributed by atoms with Crippen molar-refractivity contribution in [2.45, 2.75) is 39.2 Å². The molecular weight excluding hydrogens is 200 g/mol. The van der Waals surface area contributed by atoms with E-state index in [0.29, 0.717) is 11.7 Å². The van der Waals surface area contributed by atoms with E-state index in [1.165, 1.54) is 5.56 Å². The number of carbonyl (C=O) groups is 1. The van der Waals surface area contributed by atoms with Gasteiger partial charge in [0.2, 0.25) is 0 Å². The number of ether oxygens (including phenoxy) is 1. The van der Waals surface area contributed by atoms with Crippen molar-refractivity contribution >= 4 is 5.78 Å². The summed E-state index contributed by atoms with van der Waals surface area (Å²) in [6.07, 6.45) is 1.19. The van der Waals surface area contributed by atoms with E-state index in [-0.39, 0.29) is 12.0 Å². The van der Waals surface area contributed by atoms with Gasteiger partial charge in [-0.1, -0.05) is 12.1 Å². The smallest absolute Gasteiger partial charge is 0.133 e. The first-order chi connectivity index (χ1) is 7.58. The van der Waals surface area contributed by atoms with E-state index >= 15 is 0 Å². The molecule has 2 nitrogen and oxygen atoms in total. The summed E-state index contributed by atoms with van der Waals surface area (Å²) in [5, 5.41) is 0. The van der Waals surface area contributed by atoms with E-state index < -0.39 is 0 Å². The van der Waals surface area contributed by atoms with Crippen LogP contribution >= 0.6 is 0 Å². The molecule has 0 aliphatic heterocycles. The van der Waals surface area contributed by atoms with Crippen molar-refractivity contribution in [2.75, 3.05) is 0 Å². The largest absolute Gasteiger partial charge is 0.491 e. The van der Waals surface area contributed by atoms with Crippen LogP contribution in [0.5, 0.6) is 5.75 Å². The van der Waals surface area contributed by atoms with Gasteiger partial charge in [-0.3, -0.25) is 4.79 Å². The minimum Gasteiger partial charge on any atom is -0.491 e. The molecule has 0 bridgehead atoms. The highest BCUT2D eigenvalue weighted by atomic mass is 16.5. The second-order valence-electron chi connectivity index (χ2n) is 4.80. The number of carbonyl (C=O) groups excluding carboxylic acids is 1. The molecule has 0 spiro atoms. The Kier molecular flexibility index (Phi) is 2.99. The maximum Gasteiger partial charge on any atom is 0.133 e. The molecule has 1 aromatic carbocycles. The average Bonchev–Trinajstić information content (AvgIpc) is 2.96. The normalized spacial score (nSPS) is 23.2. The van der Waals surface area contributed by atoms with Gasteiger partial charge in [-0.25, -0.2) is 0 Å². The molecule has 1 saturated carbocycles. The Balaban J connectivity index is 2.09. The quantitative estimate of drug-likeness (QED) is 0.776. The molecule has 2 rings (SSSR count). The molecule has 1 aliphatic carbocycles. The van der Waals surface area contributed by atoms with Gasteiger partial charge in [0.25, 0.3) is 0 Å². The summed E-state index contributed by atoms with van der Waals surface area (Å²) in [6, 6.07) is 8.12. The van der Waals surface area contributed by atoms with Gasteiger partial charge >= 0.3 is 0 Å². The second-order valence-corrected chi connectivity index (χ2v) is 4.80. The molecule has 0 amide bonds. The van der Waals surface area contributed by atoms with Crippen LogP contribution < -0.4 is 4.74 Å². The third-order valence-corrected chi connectivity index (χ3v) is 2.97. The fourth-order valence-corrected chi connectivity index (χ4v) is 2.10. The van der Waals surface area contributed by atoms with E-state index in [4.69, 9.17) is 4.74 Å². The number of benzene rings is 1. The summed E-state index contributed by atoms with van der Waals surface area (Å²) in [7, 11) is 0. The number of hydrogen-bond donors (Lipinski definition) is 0. The van der Waals surface area contributed by atoms with Crippen LogP contribution in [0.3, 0.4) is 0 Å². The van der Waals surface area contributed by atoms with Crippen molar-refractivity contribution in [3.05, 3.63) is 29.8 Å². The van der Waals surface area contributed by atoms with Crippen molar-refractivity contribution in [1.82, 2.24) is 0 Å². The summed E-state index contributed by atoms with van der Waals surface area (Å²) in [6.45, 7) is 5.71. The van der Waals surface area contributed by atoms with Crippen LogP contribution in [-0.4, -0.2) is 11.9 Å². The molecule has 1 aliphatic rings. The zero-order valence-corrected chi connectivity index (χ0v) is 10.1. The van der Waals surface area contributed by atoms with Crippen LogP contribution in [0.2, 0.25) is 0 Å².